The fourth-order valence-electron chi connectivity index (χ4n) is 2.97. The van der Waals surface area contributed by atoms with Crippen molar-refractivity contribution in [2.45, 2.75) is 26.8 Å². The molecule has 0 saturated carbocycles. The first kappa shape index (κ1) is 18.6. The van der Waals surface area contributed by atoms with Gasteiger partial charge in [-0.3, -0.25) is 4.98 Å². The molecule has 27 heavy (non-hydrogen) atoms. The van der Waals surface area contributed by atoms with Crippen molar-refractivity contribution in [1.82, 2.24) is 9.97 Å². The molecule has 1 unspecified atom stereocenters. The number of nitrogens with zero attached hydrogens (tertiary/aromatic N) is 2. The Hall–Kier alpha value is -3.18. The average molecular weight is 359 g/mol. The molecule has 2 aromatic heterocycles. The van der Waals surface area contributed by atoms with Gasteiger partial charge in [0, 0.05) is 35.6 Å². The molecule has 0 radical (unpaired) electrons. The SMILES string of the molecule is C/C=C(N=C(c1cccnc1)C(C)N)/C(=C\C)Nc1cccc2cc[nH]c12. The van der Waals surface area contributed by atoms with Crippen LogP contribution in [-0.2, 0) is 0 Å². The van der Waals surface area contributed by atoms with E-state index in [1.165, 1.54) is 0 Å². The summed E-state index contributed by atoms with van der Waals surface area (Å²) in [5.41, 5.74) is 11.7. The number of hydrogen-bond acceptors (Lipinski definition) is 4. The molecular formula is C22H25N5. The van der Waals surface area contributed by atoms with E-state index in [1.807, 2.05) is 63.4 Å². The van der Waals surface area contributed by atoms with Crippen LogP contribution in [0.1, 0.15) is 26.3 Å². The van der Waals surface area contributed by atoms with Crippen molar-refractivity contribution in [3.05, 3.63) is 84.1 Å². The molecule has 0 aliphatic heterocycles. The lowest BCUT2D eigenvalue weighted by Crippen LogP contribution is -2.28. The van der Waals surface area contributed by atoms with E-state index in [4.69, 9.17) is 10.7 Å². The van der Waals surface area contributed by atoms with E-state index in [1.54, 1.807) is 12.4 Å². The van der Waals surface area contributed by atoms with E-state index in [0.717, 1.165) is 39.3 Å². The van der Waals surface area contributed by atoms with Gasteiger partial charge in [-0.05, 0) is 39.0 Å². The minimum Gasteiger partial charge on any atom is -0.359 e. The third-order valence-corrected chi connectivity index (χ3v) is 4.32. The highest BCUT2D eigenvalue weighted by Crippen LogP contribution is 2.25. The molecule has 5 heteroatoms. The van der Waals surface area contributed by atoms with Gasteiger partial charge in [0.2, 0.25) is 0 Å². The lowest BCUT2D eigenvalue weighted by Gasteiger charge is -2.16. The predicted octanol–water partition coefficient (Wildman–Crippen LogP) is 4.62. The van der Waals surface area contributed by atoms with Crippen LogP contribution in [0.25, 0.3) is 10.9 Å². The molecule has 4 N–H and O–H groups in total. The van der Waals surface area contributed by atoms with Crippen molar-refractivity contribution in [2.24, 2.45) is 10.7 Å². The number of hydrogen-bond donors (Lipinski definition) is 3. The van der Waals surface area contributed by atoms with Gasteiger partial charge in [-0.1, -0.05) is 30.4 Å². The highest BCUT2D eigenvalue weighted by Gasteiger charge is 2.13. The summed E-state index contributed by atoms with van der Waals surface area (Å²) in [6, 6.07) is 11.9. The zero-order valence-corrected chi connectivity index (χ0v) is 15.9. The van der Waals surface area contributed by atoms with Crippen LogP contribution in [0, 0.1) is 0 Å². The lowest BCUT2D eigenvalue weighted by molar-refractivity contribution is 0.966. The number of nitrogens with two attached hydrogens (primary N) is 1. The van der Waals surface area contributed by atoms with E-state index in [-0.39, 0.29) is 6.04 Å². The molecule has 3 aromatic rings. The van der Waals surface area contributed by atoms with E-state index >= 15 is 0 Å². The van der Waals surface area contributed by atoms with Crippen molar-refractivity contribution < 1.29 is 0 Å². The van der Waals surface area contributed by atoms with Crippen LogP contribution in [0.5, 0.6) is 0 Å². The second-order valence-electron chi connectivity index (χ2n) is 6.28. The first-order valence-corrected chi connectivity index (χ1v) is 9.04. The van der Waals surface area contributed by atoms with Gasteiger partial charge in [0.15, 0.2) is 0 Å². The zero-order chi connectivity index (χ0) is 19.2. The zero-order valence-electron chi connectivity index (χ0n) is 15.9. The normalized spacial score (nSPS) is 14.4. The number of rotatable bonds is 6. The van der Waals surface area contributed by atoms with Crippen molar-refractivity contribution in [3.63, 3.8) is 0 Å². The molecule has 5 nitrogen and oxygen atoms in total. The molecule has 0 bridgehead atoms. The van der Waals surface area contributed by atoms with Gasteiger partial charge in [-0.2, -0.15) is 0 Å². The van der Waals surface area contributed by atoms with Crippen molar-refractivity contribution >= 4 is 22.3 Å². The third kappa shape index (κ3) is 4.15. The Morgan fingerprint density at radius 3 is 2.70 bits per heavy atom. The van der Waals surface area contributed by atoms with Gasteiger partial charge >= 0.3 is 0 Å². The van der Waals surface area contributed by atoms with Crippen LogP contribution in [0.4, 0.5) is 5.69 Å². The maximum Gasteiger partial charge on any atom is 0.0822 e. The van der Waals surface area contributed by atoms with Crippen molar-refractivity contribution in [3.8, 4) is 0 Å². The number of aromatic nitrogens is 2. The molecule has 0 spiro atoms. The van der Waals surface area contributed by atoms with Gasteiger partial charge in [0.1, 0.15) is 0 Å². The highest BCUT2D eigenvalue weighted by molar-refractivity contribution is 6.04. The van der Waals surface area contributed by atoms with Crippen LogP contribution in [-0.4, -0.2) is 21.7 Å². The molecule has 0 fully saturated rings. The molecule has 0 aliphatic rings. The summed E-state index contributed by atoms with van der Waals surface area (Å²) in [5, 5.41) is 4.66. The molecule has 1 aromatic carbocycles. The number of aromatic amines is 1. The van der Waals surface area contributed by atoms with Gasteiger partial charge in [-0.25, -0.2) is 4.99 Å². The van der Waals surface area contributed by atoms with Gasteiger partial charge < -0.3 is 16.0 Å². The number of aliphatic imine (C=N–C) groups is 1. The van der Waals surface area contributed by atoms with Gasteiger partial charge in [0.25, 0.3) is 0 Å². The van der Waals surface area contributed by atoms with Crippen LogP contribution in [0.3, 0.4) is 0 Å². The highest BCUT2D eigenvalue weighted by atomic mass is 15.0. The summed E-state index contributed by atoms with van der Waals surface area (Å²) in [6.45, 7) is 5.90. The minimum atomic E-state index is -0.214. The predicted molar refractivity (Wildman–Crippen MR) is 114 cm³/mol. The molecule has 0 saturated heterocycles. The maximum atomic E-state index is 6.20. The Labute approximate surface area is 159 Å². The topological polar surface area (TPSA) is 79.1 Å². The number of benzene rings is 1. The fraction of sp³-hybridized carbons (Fsp3) is 0.182. The molecule has 138 valence electrons. The number of para-hydroxylation sites is 1. The molecule has 0 amide bonds. The van der Waals surface area contributed by atoms with E-state index < -0.39 is 0 Å². The Kier molecular flexibility index (Phi) is 5.84. The summed E-state index contributed by atoms with van der Waals surface area (Å²) in [5.74, 6) is 0. The van der Waals surface area contributed by atoms with E-state index in [2.05, 4.69) is 27.4 Å². The number of H-pyrrole nitrogens is 1. The smallest absolute Gasteiger partial charge is 0.0822 e. The first-order chi connectivity index (χ1) is 13.1. The fourth-order valence-corrected chi connectivity index (χ4v) is 2.97. The van der Waals surface area contributed by atoms with E-state index in [0.29, 0.717) is 0 Å². The molecule has 0 aliphatic carbocycles. The Balaban J connectivity index is 1.96. The second kappa shape index (κ2) is 8.47. The van der Waals surface area contributed by atoms with Crippen LogP contribution < -0.4 is 11.1 Å². The summed E-state index contributed by atoms with van der Waals surface area (Å²) in [6.07, 6.45) is 9.47. The molecular weight excluding hydrogens is 334 g/mol. The summed E-state index contributed by atoms with van der Waals surface area (Å²) in [7, 11) is 0. The van der Waals surface area contributed by atoms with Crippen molar-refractivity contribution in [2.75, 3.05) is 5.32 Å². The monoisotopic (exact) mass is 359 g/mol. The average Bonchev–Trinajstić information content (AvgIpc) is 3.17. The molecule has 1 atom stereocenters. The van der Waals surface area contributed by atoms with Crippen LogP contribution >= 0.6 is 0 Å². The largest absolute Gasteiger partial charge is 0.359 e. The quantitative estimate of drug-likeness (QED) is 0.444. The van der Waals surface area contributed by atoms with Gasteiger partial charge in [-0.15, -0.1) is 0 Å². The summed E-state index contributed by atoms with van der Waals surface area (Å²) < 4.78 is 0. The van der Waals surface area contributed by atoms with Crippen LogP contribution in [0.2, 0.25) is 0 Å². The second-order valence-corrected chi connectivity index (χ2v) is 6.28. The van der Waals surface area contributed by atoms with Crippen molar-refractivity contribution in [1.29, 1.82) is 0 Å². The minimum absolute atomic E-state index is 0.214. The number of anilines is 1. The number of pyridine rings is 1. The first-order valence-electron chi connectivity index (χ1n) is 9.04. The number of allylic oxidation sites excluding steroid dienone is 2. The van der Waals surface area contributed by atoms with E-state index in [9.17, 15) is 0 Å². The molecule has 3 rings (SSSR count). The maximum absolute atomic E-state index is 6.20. The standard InChI is InChI=1S/C22H25N5/c1-4-18(26-20-10-6-8-16-11-13-25-22(16)20)19(5-2)27-21(15(3)23)17-9-7-12-24-14-17/h4-15,25-26H,23H2,1-3H3/b18-4+,19-5-,27-21?. The Morgan fingerprint density at radius 1 is 1.19 bits per heavy atom. The van der Waals surface area contributed by atoms with Gasteiger partial charge in [0.05, 0.1) is 28.3 Å². The number of nitrogens with one attached hydrogen (secondary N) is 2. The summed E-state index contributed by atoms with van der Waals surface area (Å²) in [4.78, 5) is 12.3. The van der Waals surface area contributed by atoms with Crippen LogP contribution in [0.15, 0.2) is 83.5 Å². The molecule has 2 heterocycles. The summed E-state index contributed by atoms with van der Waals surface area (Å²) >= 11 is 0. The Morgan fingerprint density at radius 2 is 2.04 bits per heavy atom. The lowest BCUT2D eigenvalue weighted by atomic mass is 10.1. The number of fused-ring (bicyclic) bond motifs is 1. The third-order valence-electron chi connectivity index (χ3n) is 4.32. The Bertz CT molecular complexity index is 994.